The number of hydrogen-bond donors (Lipinski definition) is 3. The third kappa shape index (κ3) is 9.57. The van der Waals surface area contributed by atoms with Crippen LogP contribution in [0.25, 0.3) is 11.0 Å². The summed E-state index contributed by atoms with van der Waals surface area (Å²) in [7, 11) is 0. The smallest absolute Gasteiger partial charge is 0.287 e. The molecule has 0 bridgehead atoms. The second-order valence-electron chi connectivity index (χ2n) is 13.6. The lowest BCUT2D eigenvalue weighted by molar-refractivity contribution is -0.141. The molecule has 1 saturated heterocycles. The van der Waals surface area contributed by atoms with Crippen LogP contribution in [0.1, 0.15) is 88.3 Å². The Kier molecular flexibility index (Phi) is 11.7. The standard InChI is InChI=1S/C29H41N3O5.C7H7Cl/c1-28(2,3)31-27(36)29(20-8-5-4-6-9-20)12-16-32(17-13-29)15-7-14-30-26(35)25-19-23(34)22-18-21(33)10-11-24(22)37-25;1-6-2-4-7(8)5-3-6/h10-11,18-20,33H,4-9,12-17H2,1-3H3,(H,30,35)(H,31,36);2-5H,1H3. The Hall–Kier alpha value is -3.36. The number of likely N-dealkylation sites (tertiary alicyclic amines) is 1. The van der Waals surface area contributed by atoms with Gasteiger partial charge in [-0.15, -0.1) is 0 Å². The van der Waals surface area contributed by atoms with Gasteiger partial charge < -0.3 is 25.1 Å². The molecule has 8 nitrogen and oxygen atoms in total. The molecule has 1 saturated carbocycles. The monoisotopic (exact) mass is 637 g/mol. The van der Waals surface area contributed by atoms with Crippen molar-refractivity contribution >= 4 is 34.4 Å². The topological polar surface area (TPSA) is 112 Å². The van der Waals surface area contributed by atoms with Crippen LogP contribution >= 0.6 is 11.6 Å². The third-order valence-electron chi connectivity index (χ3n) is 8.96. The molecule has 0 unspecified atom stereocenters. The number of amides is 2. The molecule has 5 rings (SSSR count). The maximum atomic E-state index is 13.5. The van der Waals surface area contributed by atoms with Gasteiger partial charge in [0.25, 0.3) is 5.91 Å². The number of aryl methyl sites for hydroxylation is 1. The zero-order chi connectivity index (χ0) is 32.6. The Morgan fingerprint density at radius 2 is 1.69 bits per heavy atom. The Bertz CT molecular complexity index is 1480. The van der Waals surface area contributed by atoms with Gasteiger partial charge in [-0.3, -0.25) is 14.4 Å². The summed E-state index contributed by atoms with van der Waals surface area (Å²) >= 11 is 5.61. The summed E-state index contributed by atoms with van der Waals surface area (Å²) in [5, 5.41) is 16.7. The number of fused-ring (bicyclic) bond motifs is 1. The number of halogens is 1. The molecule has 0 atom stereocenters. The molecular formula is C36H48ClN3O5. The number of phenolic OH excluding ortho intramolecular Hbond substituents is 1. The first-order valence-electron chi connectivity index (χ1n) is 16.2. The normalized spacial score (nSPS) is 17.3. The average Bonchev–Trinajstić information content (AvgIpc) is 3.01. The van der Waals surface area contributed by atoms with Crippen LogP contribution in [0.5, 0.6) is 5.75 Å². The molecule has 1 aliphatic heterocycles. The average molecular weight is 638 g/mol. The van der Waals surface area contributed by atoms with E-state index in [9.17, 15) is 19.5 Å². The van der Waals surface area contributed by atoms with E-state index >= 15 is 0 Å². The van der Waals surface area contributed by atoms with E-state index in [1.54, 1.807) is 0 Å². The van der Waals surface area contributed by atoms with E-state index in [0.717, 1.165) is 62.8 Å². The minimum Gasteiger partial charge on any atom is -0.508 e. The van der Waals surface area contributed by atoms with Crippen LogP contribution in [0, 0.1) is 18.3 Å². The summed E-state index contributed by atoms with van der Waals surface area (Å²) < 4.78 is 5.57. The molecule has 2 aliphatic rings. The van der Waals surface area contributed by atoms with Gasteiger partial charge in [-0.25, -0.2) is 0 Å². The third-order valence-corrected chi connectivity index (χ3v) is 9.21. The van der Waals surface area contributed by atoms with Crippen molar-refractivity contribution in [3.8, 4) is 5.75 Å². The van der Waals surface area contributed by atoms with E-state index in [1.807, 2.05) is 31.2 Å². The highest BCUT2D eigenvalue weighted by molar-refractivity contribution is 6.30. The summed E-state index contributed by atoms with van der Waals surface area (Å²) in [6.45, 7) is 11.3. The lowest BCUT2D eigenvalue weighted by Gasteiger charge is -2.47. The highest BCUT2D eigenvalue weighted by Crippen LogP contribution is 2.46. The number of benzene rings is 2. The lowest BCUT2D eigenvalue weighted by atomic mass is 9.63. The van der Waals surface area contributed by atoms with Crippen molar-refractivity contribution in [1.29, 1.82) is 0 Å². The zero-order valence-electron chi connectivity index (χ0n) is 27.1. The van der Waals surface area contributed by atoms with Gasteiger partial charge in [-0.1, -0.05) is 48.6 Å². The van der Waals surface area contributed by atoms with Crippen LogP contribution in [0.2, 0.25) is 5.02 Å². The maximum absolute atomic E-state index is 13.5. The molecule has 45 heavy (non-hydrogen) atoms. The molecule has 1 aromatic heterocycles. The fourth-order valence-corrected chi connectivity index (χ4v) is 6.62. The second kappa shape index (κ2) is 15.3. The predicted octanol–water partition coefficient (Wildman–Crippen LogP) is 6.84. The van der Waals surface area contributed by atoms with E-state index in [0.29, 0.717) is 12.5 Å². The van der Waals surface area contributed by atoms with Gasteiger partial charge in [0.2, 0.25) is 5.91 Å². The van der Waals surface area contributed by atoms with Crippen molar-refractivity contribution in [2.75, 3.05) is 26.2 Å². The van der Waals surface area contributed by atoms with Gasteiger partial charge in [0.1, 0.15) is 11.3 Å². The Balaban J connectivity index is 0.000000501. The quantitative estimate of drug-likeness (QED) is 0.245. The fourth-order valence-electron chi connectivity index (χ4n) is 6.50. The molecule has 1 aliphatic carbocycles. The molecule has 2 fully saturated rings. The molecule has 3 aromatic rings. The summed E-state index contributed by atoms with van der Waals surface area (Å²) in [6, 6.07) is 13.1. The Morgan fingerprint density at radius 1 is 1.02 bits per heavy atom. The number of aromatic hydroxyl groups is 1. The first-order chi connectivity index (χ1) is 21.4. The first-order valence-corrected chi connectivity index (χ1v) is 16.6. The zero-order valence-corrected chi connectivity index (χ0v) is 27.8. The minimum atomic E-state index is -0.430. The molecule has 0 radical (unpaired) electrons. The fraction of sp³-hybridized carbons (Fsp3) is 0.528. The number of hydrogen-bond acceptors (Lipinski definition) is 6. The van der Waals surface area contributed by atoms with Crippen LogP contribution in [-0.2, 0) is 4.79 Å². The van der Waals surface area contributed by atoms with Gasteiger partial charge in [0.05, 0.1) is 10.8 Å². The van der Waals surface area contributed by atoms with E-state index in [1.165, 1.54) is 43.0 Å². The summed E-state index contributed by atoms with van der Waals surface area (Å²) in [5.41, 5.74) is 0.630. The van der Waals surface area contributed by atoms with Gasteiger partial charge >= 0.3 is 0 Å². The SMILES string of the molecule is CC(C)(C)NC(=O)C1(C2CCCCC2)CCN(CCCNC(=O)c2cc(=O)c3cc(O)ccc3o2)CC1.Cc1ccc(Cl)cc1. The number of carbonyl (C=O) groups is 2. The molecule has 3 N–H and O–H groups in total. The van der Waals surface area contributed by atoms with Gasteiger partial charge in [0, 0.05) is 23.2 Å². The number of piperidine rings is 1. The number of nitrogens with zero attached hydrogens (tertiary/aromatic N) is 1. The van der Waals surface area contributed by atoms with E-state index < -0.39 is 5.91 Å². The molecule has 0 spiro atoms. The highest BCUT2D eigenvalue weighted by atomic mass is 35.5. The molecule has 244 valence electrons. The van der Waals surface area contributed by atoms with Gasteiger partial charge in [-0.2, -0.15) is 0 Å². The van der Waals surface area contributed by atoms with E-state index in [2.05, 4.69) is 36.3 Å². The largest absolute Gasteiger partial charge is 0.508 e. The van der Waals surface area contributed by atoms with Crippen LogP contribution < -0.4 is 16.1 Å². The second-order valence-corrected chi connectivity index (χ2v) is 14.0. The van der Waals surface area contributed by atoms with Crippen molar-refractivity contribution in [2.45, 2.75) is 84.6 Å². The minimum absolute atomic E-state index is 0.0273. The molecule has 9 heteroatoms. The van der Waals surface area contributed by atoms with Crippen molar-refractivity contribution in [3.63, 3.8) is 0 Å². The van der Waals surface area contributed by atoms with Crippen LogP contribution in [0.3, 0.4) is 0 Å². The molecule has 2 amide bonds. The Labute approximate surface area is 271 Å². The maximum Gasteiger partial charge on any atom is 0.287 e. The van der Waals surface area contributed by atoms with Crippen molar-refractivity contribution in [3.05, 3.63) is 75.1 Å². The number of nitrogens with one attached hydrogen (secondary N) is 2. The number of carbonyl (C=O) groups excluding carboxylic acids is 2. The molecule has 2 aromatic carbocycles. The summed E-state index contributed by atoms with van der Waals surface area (Å²) in [5.74, 6) is 0.196. The van der Waals surface area contributed by atoms with Crippen molar-refractivity contribution in [1.82, 2.24) is 15.5 Å². The van der Waals surface area contributed by atoms with E-state index in [4.69, 9.17) is 16.0 Å². The predicted molar refractivity (Wildman–Crippen MR) is 180 cm³/mol. The van der Waals surface area contributed by atoms with Crippen LogP contribution in [-0.4, -0.2) is 53.5 Å². The molecular weight excluding hydrogens is 590 g/mol. The molecule has 2 heterocycles. The summed E-state index contributed by atoms with van der Waals surface area (Å²) in [4.78, 5) is 40.8. The Morgan fingerprint density at radius 3 is 2.31 bits per heavy atom. The van der Waals surface area contributed by atoms with Crippen LogP contribution in [0.15, 0.2) is 57.7 Å². The van der Waals surface area contributed by atoms with Crippen molar-refractivity contribution < 1.29 is 19.1 Å². The van der Waals surface area contributed by atoms with Gasteiger partial charge in [0.15, 0.2) is 11.2 Å². The number of rotatable bonds is 7. The highest BCUT2D eigenvalue weighted by Gasteiger charge is 2.48. The van der Waals surface area contributed by atoms with Crippen molar-refractivity contribution in [2.24, 2.45) is 11.3 Å². The summed E-state index contributed by atoms with van der Waals surface area (Å²) in [6.07, 6.45) is 8.54. The van der Waals surface area contributed by atoms with E-state index in [-0.39, 0.29) is 44.8 Å². The number of phenols is 1. The van der Waals surface area contributed by atoms with Crippen LogP contribution in [0.4, 0.5) is 0 Å². The van der Waals surface area contributed by atoms with Gasteiger partial charge in [-0.05, 0) is 116 Å². The lowest BCUT2D eigenvalue weighted by Crippen LogP contribution is -2.56. The first kappa shape index (κ1) is 34.5.